The van der Waals surface area contributed by atoms with Crippen molar-refractivity contribution in [2.24, 2.45) is 0 Å². The Bertz CT molecular complexity index is 711. The summed E-state index contributed by atoms with van der Waals surface area (Å²) in [6.45, 7) is 4.35. The minimum Gasteiger partial charge on any atom is -0.492 e. The summed E-state index contributed by atoms with van der Waals surface area (Å²) < 4.78 is 32.2. The maximum absolute atomic E-state index is 12.1. The summed E-state index contributed by atoms with van der Waals surface area (Å²) in [5.74, 6) is 0.741. The van der Waals surface area contributed by atoms with Gasteiger partial charge in [-0.15, -0.1) is 0 Å². The van der Waals surface area contributed by atoms with Gasteiger partial charge in [-0.2, -0.15) is 0 Å². The van der Waals surface area contributed by atoms with Crippen LogP contribution in [0.5, 0.6) is 5.75 Å². The zero-order valence-electron chi connectivity index (χ0n) is 12.2. The molecular formula is C16H19NO3S. The molecule has 0 saturated carbocycles. The van der Waals surface area contributed by atoms with Gasteiger partial charge >= 0.3 is 0 Å². The van der Waals surface area contributed by atoms with Crippen molar-refractivity contribution in [2.75, 3.05) is 13.2 Å². The largest absolute Gasteiger partial charge is 0.492 e. The van der Waals surface area contributed by atoms with Crippen LogP contribution in [0.1, 0.15) is 11.1 Å². The second-order valence-electron chi connectivity index (χ2n) is 4.88. The summed E-state index contributed by atoms with van der Waals surface area (Å²) in [5.41, 5.74) is 2.02. The summed E-state index contributed by atoms with van der Waals surface area (Å²) >= 11 is 0. The van der Waals surface area contributed by atoms with Gasteiger partial charge in [0.05, 0.1) is 4.90 Å². The van der Waals surface area contributed by atoms with Crippen LogP contribution in [0.4, 0.5) is 0 Å². The first kappa shape index (κ1) is 15.5. The van der Waals surface area contributed by atoms with Crippen molar-refractivity contribution in [3.63, 3.8) is 0 Å². The van der Waals surface area contributed by atoms with Crippen LogP contribution in [0.15, 0.2) is 53.4 Å². The number of aryl methyl sites for hydroxylation is 2. The maximum Gasteiger partial charge on any atom is 0.240 e. The highest BCUT2D eigenvalue weighted by Gasteiger charge is 2.12. The van der Waals surface area contributed by atoms with Gasteiger partial charge in [-0.1, -0.05) is 24.3 Å². The van der Waals surface area contributed by atoms with Crippen molar-refractivity contribution in [1.29, 1.82) is 0 Å². The molecule has 2 rings (SSSR count). The summed E-state index contributed by atoms with van der Waals surface area (Å²) in [4.78, 5) is 0.276. The van der Waals surface area contributed by atoms with E-state index in [0.29, 0.717) is 0 Å². The van der Waals surface area contributed by atoms with E-state index in [-0.39, 0.29) is 18.0 Å². The number of nitrogens with one attached hydrogen (secondary N) is 1. The summed E-state index contributed by atoms with van der Waals surface area (Å²) in [7, 11) is -3.48. The SMILES string of the molecule is Cc1cccc(OCCNS(=O)(=O)c2cccc(C)c2)c1. The molecule has 0 saturated heterocycles. The first-order chi connectivity index (χ1) is 9.97. The number of ether oxygens (including phenoxy) is 1. The van der Waals surface area contributed by atoms with E-state index < -0.39 is 10.0 Å². The lowest BCUT2D eigenvalue weighted by Gasteiger charge is -2.09. The van der Waals surface area contributed by atoms with Crippen LogP contribution in [0.2, 0.25) is 0 Å². The minimum atomic E-state index is -3.48. The third kappa shape index (κ3) is 4.58. The van der Waals surface area contributed by atoms with Crippen molar-refractivity contribution in [3.8, 4) is 5.75 Å². The second-order valence-corrected chi connectivity index (χ2v) is 6.65. The summed E-state index contributed by atoms with van der Waals surface area (Å²) in [6.07, 6.45) is 0. The highest BCUT2D eigenvalue weighted by atomic mass is 32.2. The van der Waals surface area contributed by atoms with Gasteiger partial charge in [-0.25, -0.2) is 13.1 Å². The molecule has 2 aromatic carbocycles. The smallest absolute Gasteiger partial charge is 0.240 e. The molecule has 0 aliphatic heterocycles. The molecule has 2 aromatic rings. The fourth-order valence-corrected chi connectivity index (χ4v) is 3.03. The Morgan fingerprint density at radius 2 is 1.67 bits per heavy atom. The predicted octanol–water partition coefficient (Wildman–Crippen LogP) is 2.66. The Balaban J connectivity index is 1.88. The molecule has 0 amide bonds. The number of benzene rings is 2. The molecule has 0 heterocycles. The summed E-state index contributed by atoms with van der Waals surface area (Å²) in [5, 5.41) is 0. The predicted molar refractivity (Wildman–Crippen MR) is 83.0 cm³/mol. The highest BCUT2D eigenvalue weighted by Crippen LogP contribution is 2.12. The Morgan fingerprint density at radius 3 is 2.33 bits per heavy atom. The van der Waals surface area contributed by atoms with Gasteiger partial charge in [0.1, 0.15) is 12.4 Å². The molecule has 5 heteroatoms. The van der Waals surface area contributed by atoms with Gasteiger partial charge in [-0.3, -0.25) is 0 Å². The third-order valence-corrected chi connectivity index (χ3v) is 4.41. The molecule has 0 spiro atoms. The van der Waals surface area contributed by atoms with E-state index >= 15 is 0 Å². The molecule has 1 N–H and O–H groups in total. The zero-order chi connectivity index (χ0) is 15.3. The van der Waals surface area contributed by atoms with E-state index in [1.54, 1.807) is 18.2 Å². The molecule has 4 nitrogen and oxygen atoms in total. The lowest BCUT2D eigenvalue weighted by molar-refractivity contribution is 0.322. The van der Waals surface area contributed by atoms with Crippen LogP contribution in [0, 0.1) is 13.8 Å². The fourth-order valence-electron chi connectivity index (χ4n) is 1.92. The third-order valence-electron chi connectivity index (χ3n) is 2.95. The molecule has 21 heavy (non-hydrogen) atoms. The standard InChI is InChI=1S/C16H19NO3S/c1-13-5-3-7-15(11-13)20-10-9-17-21(18,19)16-8-4-6-14(2)12-16/h3-8,11-12,17H,9-10H2,1-2H3. The molecule has 0 fully saturated rings. The van der Waals surface area contributed by atoms with Gasteiger partial charge in [-0.05, 0) is 49.2 Å². The van der Waals surface area contributed by atoms with Gasteiger partial charge < -0.3 is 4.74 Å². The van der Waals surface area contributed by atoms with E-state index in [9.17, 15) is 8.42 Å². The topological polar surface area (TPSA) is 55.4 Å². The maximum atomic E-state index is 12.1. The molecular weight excluding hydrogens is 286 g/mol. The lowest BCUT2D eigenvalue weighted by Crippen LogP contribution is -2.28. The van der Waals surface area contributed by atoms with Gasteiger partial charge in [0.2, 0.25) is 10.0 Å². The van der Waals surface area contributed by atoms with E-state index in [2.05, 4.69) is 4.72 Å². The van der Waals surface area contributed by atoms with Crippen LogP contribution in [-0.4, -0.2) is 21.6 Å². The first-order valence-corrected chi connectivity index (χ1v) is 8.21. The van der Waals surface area contributed by atoms with E-state index in [0.717, 1.165) is 16.9 Å². The van der Waals surface area contributed by atoms with Crippen LogP contribution in [0.25, 0.3) is 0 Å². The molecule has 0 aromatic heterocycles. The van der Waals surface area contributed by atoms with Crippen molar-refractivity contribution in [3.05, 3.63) is 59.7 Å². The molecule has 0 atom stereocenters. The molecule has 0 aliphatic rings. The number of rotatable bonds is 6. The van der Waals surface area contributed by atoms with Gasteiger partial charge in [0.15, 0.2) is 0 Å². The van der Waals surface area contributed by atoms with Crippen molar-refractivity contribution in [2.45, 2.75) is 18.7 Å². The number of hydrogen-bond donors (Lipinski definition) is 1. The van der Waals surface area contributed by atoms with Gasteiger partial charge in [0, 0.05) is 6.54 Å². The normalized spacial score (nSPS) is 11.3. The quantitative estimate of drug-likeness (QED) is 0.835. The van der Waals surface area contributed by atoms with Gasteiger partial charge in [0.25, 0.3) is 0 Å². The molecule has 0 bridgehead atoms. The van der Waals surface area contributed by atoms with Crippen molar-refractivity contribution >= 4 is 10.0 Å². The van der Waals surface area contributed by atoms with Crippen LogP contribution < -0.4 is 9.46 Å². The summed E-state index contributed by atoms with van der Waals surface area (Å²) in [6, 6.07) is 14.5. The Kier molecular flexibility index (Phi) is 4.98. The number of hydrogen-bond acceptors (Lipinski definition) is 3. The average Bonchev–Trinajstić information content (AvgIpc) is 2.44. The Morgan fingerprint density at radius 1 is 1.00 bits per heavy atom. The fraction of sp³-hybridized carbons (Fsp3) is 0.250. The van der Waals surface area contributed by atoms with Crippen LogP contribution >= 0.6 is 0 Å². The van der Waals surface area contributed by atoms with Crippen LogP contribution in [0.3, 0.4) is 0 Å². The average molecular weight is 305 g/mol. The van der Waals surface area contributed by atoms with Crippen LogP contribution in [-0.2, 0) is 10.0 Å². The molecule has 0 radical (unpaired) electrons. The first-order valence-electron chi connectivity index (χ1n) is 6.73. The molecule has 0 aliphatic carbocycles. The van der Waals surface area contributed by atoms with E-state index in [1.165, 1.54) is 0 Å². The molecule has 0 unspecified atom stereocenters. The number of sulfonamides is 1. The Hall–Kier alpha value is -1.85. The van der Waals surface area contributed by atoms with Crippen molar-refractivity contribution in [1.82, 2.24) is 4.72 Å². The lowest BCUT2D eigenvalue weighted by atomic mass is 10.2. The second kappa shape index (κ2) is 6.74. The molecule has 112 valence electrons. The van der Waals surface area contributed by atoms with E-state index in [4.69, 9.17) is 4.74 Å². The zero-order valence-corrected chi connectivity index (χ0v) is 13.0. The van der Waals surface area contributed by atoms with Crippen molar-refractivity contribution < 1.29 is 13.2 Å². The highest BCUT2D eigenvalue weighted by molar-refractivity contribution is 7.89. The Labute approximate surface area is 125 Å². The van der Waals surface area contributed by atoms with E-state index in [1.807, 2.05) is 44.2 Å². The minimum absolute atomic E-state index is 0.226. The monoisotopic (exact) mass is 305 g/mol.